The lowest BCUT2D eigenvalue weighted by molar-refractivity contribution is 0.629. The van der Waals surface area contributed by atoms with Crippen LogP contribution in [0, 0.1) is 5.82 Å². The topological polar surface area (TPSA) is 15.8 Å². The molecule has 1 nitrogen and oxygen atoms in total. The maximum atomic E-state index is 12.9. The minimum atomic E-state index is -0.160. The fraction of sp³-hybridized carbons (Fsp3) is 0.273. The number of benzene rings is 1. The lowest BCUT2D eigenvalue weighted by Crippen LogP contribution is -1.78. The summed E-state index contributed by atoms with van der Waals surface area (Å²) in [6.45, 7) is 0. The molecule has 13 heavy (non-hydrogen) atoms. The second-order valence-corrected chi connectivity index (χ2v) is 3.63. The Labute approximate surface area is 75.6 Å². The Morgan fingerprint density at radius 2 is 2.15 bits per heavy atom. The Kier molecular flexibility index (Phi) is 1.29. The van der Waals surface area contributed by atoms with Gasteiger partial charge in [0.1, 0.15) is 5.82 Å². The third-order valence-corrected chi connectivity index (χ3v) is 2.81. The smallest absolute Gasteiger partial charge is 0.125 e. The van der Waals surface area contributed by atoms with Crippen LogP contribution in [0.3, 0.4) is 0 Å². The van der Waals surface area contributed by atoms with Gasteiger partial charge in [-0.3, -0.25) is 0 Å². The van der Waals surface area contributed by atoms with Crippen molar-refractivity contribution in [1.29, 1.82) is 0 Å². The molecule has 0 atom stereocenters. The quantitative estimate of drug-likeness (QED) is 0.633. The van der Waals surface area contributed by atoms with E-state index in [1.807, 2.05) is 6.07 Å². The number of rotatable bonds is 0. The lowest BCUT2D eigenvalue weighted by atomic mass is 10.1. The highest BCUT2D eigenvalue weighted by molar-refractivity contribution is 5.85. The molecule has 0 amide bonds. The third-order valence-electron chi connectivity index (χ3n) is 2.81. The average Bonchev–Trinajstić information content (AvgIpc) is 2.62. The average molecular weight is 175 g/mol. The Balaban J connectivity index is 2.38. The molecule has 1 aliphatic carbocycles. The van der Waals surface area contributed by atoms with Crippen molar-refractivity contribution in [3.8, 4) is 0 Å². The second-order valence-electron chi connectivity index (χ2n) is 3.63. The van der Waals surface area contributed by atoms with E-state index in [0.717, 1.165) is 18.4 Å². The lowest BCUT2D eigenvalue weighted by Gasteiger charge is -1.92. The molecule has 1 heterocycles. The van der Waals surface area contributed by atoms with E-state index < -0.39 is 0 Å². The van der Waals surface area contributed by atoms with Crippen molar-refractivity contribution in [3.05, 3.63) is 35.3 Å². The van der Waals surface area contributed by atoms with E-state index in [9.17, 15) is 4.39 Å². The normalized spacial score (nSPS) is 15.2. The van der Waals surface area contributed by atoms with Crippen LogP contribution in [-0.4, -0.2) is 4.98 Å². The van der Waals surface area contributed by atoms with Crippen LogP contribution < -0.4 is 0 Å². The van der Waals surface area contributed by atoms with Gasteiger partial charge in [-0.25, -0.2) is 4.39 Å². The van der Waals surface area contributed by atoms with Crippen LogP contribution in [0.25, 0.3) is 10.9 Å². The molecule has 0 spiro atoms. The number of aryl methyl sites for hydroxylation is 2. The molecular weight excluding hydrogens is 165 g/mol. The summed E-state index contributed by atoms with van der Waals surface area (Å²) >= 11 is 0. The highest BCUT2D eigenvalue weighted by Gasteiger charge is 2.16. The van der Waals surface area contributed by atoms with Crippen LogP contribution in [0.1, 0.15) is 17.7 Å². The van der Waals surface area contributed by atoms with E-state index in [1.54, 1.807) is 6.07 Å². The maximum Gasteiger partial charge on any atom is 0.125 e. The van der Waals surface area contributed by atoms with E-state index in [4.69, 9.17) is 0 Å². The Hall–Kier alpha value is -1.31. The molecule has 0 saturated heterocycles. The van der Waals surface area contributed by atoms with Crippen LogP contribution >= 0.6 is 0 Å². The summed E-state index contributed by atoms with van der Waals surface area (Å²) in [5.41, 5.74) is 3.65. The van der Waals surface area contributed by atoms with Gasteiger partial charge in [0.05, 0.1) is 0 Å². The summed E-state index contributed by atoms with van der Waals surface area (Å²) in [6.07, 6.45) is 3.49. The van der Waals surface area contributed by atoms with Gasteiger partial charge >= 0.3 is 0 Å². The van der Waals surface area contributed by atoms with Crippen LogP contribution in [-0.2, 0) is 12.8 Å². The van der Waals surface area contributed by atoms with Crippen molar-refractivity contribution in [3.63, 3.8) is 0 Å². The summed E-state index contributed by atoms with van der Waals surface area (Å²) in [6, 6.07) is 4.99. The van der Waals surface area contributed by atoms with Gasteiger partial charge in [0.2, 0.25) is 0 Å². The van der Waals surface area contributed by atoms with Gasteiger partial charge in [-0.1, -0.05) is 0 Å². The van der Waals surface area contributed by atoms with Crippen LogP contribution in [0.15, 0.2) is 18.2 Å². The van der Waals surface area contributed by atoms with Gasteiger partial charge in [-0.15, -0.1) is 0 Å². The first kappa shape index (κ1) is 7.13. The summed E-state index contributed by atoms with van der Waals surface area (Å²) < 4.78 is 12.9. The number of aromatic nitrogens is 1. The molecule has 1 aromatic heterocycles. The second kappa shape index (κ2) is 2.34. The SMILES string of the molecule is Fc1ccc2c3c([nH]c2c1)CCC3. The summed E-state index contributed by atoms with van der Waals surface area (Å²) in [5.74, 6) is -0.160. The molecule has 0 fully saturated rings. The van der Waals surface area contributed by atoms with E-state index in [-0.39, 0.29) is 5.82 Å². The van der Waals surface area contributed by atoms with Gasteiger partial charge in [0, 0.05) is 16.6 Å². The Morgan fingerprint density at radius 1 is 1.23 bits per heavy atom. The van der Waals surface area contributed by atoms with Crippen molar-refractivity contribution >= 4 is 10.9 Å². The van der Waals surface area contributed by atoms with Gasteiger partial charge in [0.15, 0.2) is 0 Å². The van der Waals surface area contributed by atoms with Gasteiger partial charge in [-0.2, -0.15) is 0 Å². The van der Waals surface area contributed by atoms with Crippen molar-refractivity contribution < 1.29 is 4.39 Å². The van der Waals surface area contributed by atoms with E-state index in [2.05, 4.69) is 4.98 Å². The summed E-state index contributed by atoms with van der Waals surface area (Å²) in [7, 11) is 0. The Morgan fingerprint density at radius 3 is 3.08 bits per heavy atom. The number of halogens is 1. The highest BCUT2D eigenvalue weighted by atomic mass is 19.1. The Bertz CT molecular complexity index is 470. The van der Waals surface area contributed by atoms with Gasteiger partial charge in [0.25, 0.3) is 0 Å². The molecule has 1 aromatic carbocycles. The summed E-state index contributed by atoms with van der Waals surface area (Å²) in [4.78, 5) is 3.28. The largest absolute Gasteiger partial charge is 0.358 e. The molecule has 1 N–H and O–H groups in total. The number of hydrogen-bond donors (Lipinski definition) is 1. The first-order valence-electron chi connectivity index (χ1n) is 4.63. The van der Waals surface area contributed by atoms with E-state index >= 15 is 0 Å². The predicted molar refractivity (Wildman–Crippen MR) is 50.3 cm³/mol. The molecule has 3 rings (SSSR count). The minimum absolute atomic E-state index is 0.160. The maximum absolute atomic E-state index is 12.9. The van der Waals surface area contributed by atoms with Gasteiger partial charge < -0.3 is 4.98 Å². The zero-order valence-electron chi connectivity index (χ0n) is 7.23. The molecular formula is C11H10FN. The number of H-pyrrole nitrogens is 1. The van der Waals surface area contributed by atoms with Crippen LogP contribution in [0.2, 0.25) is 0 Å². The fourth-order valence-corrected chi connectivity index (χ4v) is 2.22. The first-order chi connectivity index (χ1) is 6.34. The molecule has 0 saturated carbocycles. The molecule has 2 aromatic rings. The summed E-state index contributed by atoms with van der Waals surface area (Å²) in [5, 5.41) is 1.20. The highest BCUT2D eigenvalue weighted by Crippen LogP contribution is 2.29. The van der Waals surface area contributed by atoms with Crippen molar-refractivity contribution in [1.82, 2.24) is 4.98 Å². The standard InChI is InChI=1S/C11H10FN/c12-7-4-5-9-8-2-1-3-10(8)13-11(9)6-7/h4-6,13H,1-3H2. The van der Waals surface area contributed by atoms with Crippen molar-refractivity contribution in [2.45, 2.75) is 19.3 Å². The molecule has 66 valence electrons. The van der Waals surface area contributed by atoms with Gasteiger partial charge in [-0.05, 0) is 43.0 Å². The first-order valence-corrected chi connectivity index (χ1v) is 4.63. The minimum Gasteiger partial charge on any atom is -0.358 e. The van der Waals surface area contributed by atoms with E-state index in [1.165, 1.54) is 29.1 Å². The molecule has 0 bridgehead atoms. The van der Waals surface area contributed by atoms with Crippen LogP contribution in [0.4, 0.5) is 4.39 Å². The van der Waals surface area contributed by atoms with E-state index in [0.29, 0.717) is 0 Å². The third kappa shape index (κ3) is 0.916. The predicted octanol–water partition coefficient (Wildman–Crippen LogP) is 2.80. The fourth-order valence-electron chi connectivity index (χ4n) is 2.22. The monoisotopic (exact) mass is 175 g/mol. The number of aromatic amines is 1. The number of nitrogens with one attached hydrogen (secondary N) is 1. The molecule has 0 unspecified atom stereocenters. The molecule has 1 aliphatic rings. The van der Waals surface area contributed by atoms with Crippen molar-refractivity contribution in [2.75, 3.05) is 0 Å². The molecule has 0 aliphatic heterocycles. The van der Waals surface area contributed by atoms with Crippen LogP contribution in [0.5, 0.6) is 0 Å². The molecule has 2 heteroatoms. The zero-order chi connectivity index (χ0) is 8.84. The number of hydrogen-bond acceptors (Lipinski definition) is 0. The number of fused-ring (bicyclic) bond motifs is 3. The molecule has 0 radical (unpaired) electrons. The van der Waals surface area contributed by atoms with Crippen molar-refractivity contribution in [2.24, 2.45) is 0 Å². The zero-order valence-corrected chi connectivity index (χ0v) is 7.23.